The van der Waals surface area contributed by atoms with Gasteiger partial charge in [0.25, 0.3) is 0 Å². The largest absolute Gasteiger partial charge is 0.321 e. The van der Waals surface area contributed by atoms with Crippen LogP contribution in [0.5, 0.6) is 0 Å². The summed E-state index contributed by atoms with van der Waals surface area (Å²) in [5.41, 5.74) is 0. The van der Waals surface area contributed by atoms with Gasteiger partial charge in [0.1, 0.15) is 11.0 Å². The van der Waals surface area contributed by atoms with Crippen molar-refractivity contribution in [1.82, 2.24) is 19.8 Å². The molecule has 1 fully saturated rings. The number of nitrogens with zero attached hydrogens (tertiary/aromatic N) is 3. The molecule has 2 heterocycles. The third-order valence-corrected chi connectivity index (χ3v) is 4.14. The molecule has 1 atom stereocenters. The Morgan fingerprint density at radius 3 is 2.89 bits per heavy atom. The molecule has 18 heavy (non-hydrogen) atoms. The average molecular weight is 271 g/mol. The summed E-state index contributed by atoms with van der Waals surface area (Å²) in [6.07, 6.45) is 3.00. The molecule has 1 aromatic rings. The lowest BCUT2D eigenvalue weighted by atomic mass is 10.1. The van der Waals surface area contributed by atoms with Crippen LogP contribution in [-0.2, 0) is 13.6 Å². The molecule has 0 radical (unpaired) electrons. The van der Waals surface area contributed by atoms with E-state index in [-0.39, 0.29) is 0 Å². The molecule has 1 aliphatic heterocycles. The third kappa shape index (κ3) is 3.25. The molecule has 5 heteroatoms. The molecule has 1 unspecified atom stereocenters. The number of aromatic nitrogens is 2. The first-order valence-corrected chi connectivity index (χ1v) is 7.06. The van der Waals surface area contributed by atoms with Crippen molar-refractivity contribution in [3.63, 3.8) is 0 Å². The first-order valence-electron chi connectivity index (χ1n) is 6.68. The van der Waals surface area contributed by atoms with Gasteiger partial charge in [-0.2, -0.15) is 0 Å². The molecule has 102 valence electrons. The van der Waals surface area contributed by atoms with E-state index in [1.807, 2.05) is 11.6 Å². The van der Waals surface area contributed by atoms with Crippen molar-refractivity contribution >= 4 is 11.6 Å². The highest BCUT2D eigenvalue weighted by atomic mass is 35.5. The smallest absolute Gasteiger partial charge is 0.128 e. The average Bonchev–Trinajstić information content (AvgIpc) is 2.91. The number of hydrogen-bond donors (Lipinski definition) is 1. The number of nitrogens with one attached hydrogen (secondary N) is 1. The van der Waals surface area contributed by atoms with Gasteiger partial charge in [-0.3, -0.25) is 0 Å². The van der Waals surface area contributed by atoms with Crippen LogP contribution in [0.2, 0.25) is 5.15 Å². The van der Waals surface area contributed by atoms with Crippen LogP contribution in [-0.4, -0.2) is 40.1 Å². The van der Waals surface area contributed by atoms with Crippen molar-refractivity contribution in [2.24, 2.45) is 13.0 Å². The Hall–Kier alpha value is -0.580. The molecule has 1 aromatic heterocycles. The summed E-state index contributed by atoms with van der Waals surface area (Å²) in [5.74, 6) is 1.77. The fraction of sp³-hybridized carbons (Fsp3) is 0.769. The molecule has 0 saturated carbocycles. The summed E-state index contributed by atoms with van der Waals surface area (Å²) in [5, 5.41) is 4.18. The molecule has 0 spiro atoms. The Balaban J connectivity index is 1.72. The molecule has 1 N–H and O–H groups in total. The molecule has 0 aliphatic carbocycles. The fourth-order valence-corrected chi connectivity index (χ4v) is 2.62. The van der Waals surface area contributed by atoms with Gasteiger partial charge in [-0.1, -0.05) is 11.6 Å². The van der Waals surface area contributed by atoms with Crippen molar-refractivity contribution in [1.29, 1.82) is 0 Å². The quantitative estimate of drug-likeness (QED) is 0.887. The Bertz CT molecular complexity index is 388. The lowest BCUT2D eigenvalue weighted by Crippen LogP contribution is -2.30. The van der Waals surface area contributed by atoms with Crippen molar-refractivity contribution in [2.75, 3.05) is 19.6 Å². The van der Waals surface area contributed by atoms with Gasteiger partial charge in [0.15, 0.2) is 0 Å². The minimum absolute atomic E-state index is 0.670. The maximum absolute atomic E-state index is 5.96. The predicted octanol–water partition coefficient (Wildman–Crippen LogP) is 1.89. The molecule has 1 saturated heterocycles. The monoisotopic (exact) mass is 270 g/mol. The van der Waals surface area contributed by atoms with Crippen LogP contribution in [0.1, 0.15) is 26.1 Å². The Labute approximate surface area is 114 Å². The molecule has 2 rings (SSSR count). The van der Waals surface area contributed by atoms with E-state index in [9.17, 15) is 0 Å². The van der Waals surface area contributed by atoms with E-state index in [0.717, 1.165) is 24.8 Å². The molecule has 4 nitrogen and oxygen atoms in total. The lowest BCUT2D eigenvalue weighted by molar-refractivity contribution is 0.264. The van der Waals surface area contributed by atoms with Gasteiger partial charge in [0, 0.05) is 19.6 Å². The maximum atomic E-state index is 5.96. The van der Waals surface area contributed by atoms with Crippen LogP contribution in [0.4, 0.5) is 0 Å². The second-order valence-corrected chi connectivity index (χ2v) is 5.82. The van der Waals surface area contributed by atoms with Crippen molar-refractivity contribution < 1.29 is 0 Å². The minimum Gasteiger partial charge on any atom is -0.321 e. The highest BCUT2D eigenvalue weighted by molar-refractivity contribution is 6.29. The van der Waals surface area contributed by atoms with Crippen LogP contribution in [0, 0.1) is 5.92 Å². The first-order chi connectivity index (χ1) is 8.58. The summed E-state index contributed by atoms with van der Waals surface area (Å²) in [6, 6.07) is 0.670. The SMILES string of the molecule is CC(C)N1CCC(CNCc2ncc(Cl)n2C)C1. The van der Waals surface area contributed by atoms with Crippen LogP contribution in [0.3, 0.4) is 0 Å². The van der Waals surface area contributed by atoms with Crippen LogP contribution in [0.15, 0.2) is 6.20 Å². The summed E-state index contributed by atoms with van der Waals surface area (Å²) in [7, 11) is 1.95. The van der Waals surface area contributed by atoms with E-state index in [2.05, 4.69) is 29.0 Å². The van der Waals surface area contributed by atoms with Gasteiger partial charge in [-0.15, -0.1) is 0 Å². The van der Waals surface area contributed by atoms with Crippen LogP contribution >= 0.6 is 11.6 Å². The van der Waals surface area contributed by atoms with Gasteiger partial charge in [-0.05, 0) is 39.3 Å². The van der Waals surface area contributed by atoms with Gasteiger partial charge in [0.05, 0.1) is 12.7 Å². The number of rotatable bonds is 5. The normalized spacial score (nSPS) is 21.1. The lowest BCUT2D eigenvalue weighted by Gasteiger charge is -2.20. The van der Waals surface area contributed by atoms with Gasteiger partial charge in [0.2, 0.25) is 0 Å². The molecule has 1 aliphatic rings. The predicted molar refractivity (Wildman–Crippen MR) is 74.7 cm³/mol. The number of halogens is 1. The second-order valence-electron chi connectivity index (χ2n) is 5.43. The van der Waals surface area contributed by atoms with Crippen LogP contribution < -0.4 is 5.32 Å². The van der Waals surface area contributed by atoms with Crippen molar-refractivity contribution in [3.8, 4) is 0 Å². The van der Waals surface area contributed by atoms with E-state index in [1.165, 1.54) is 19.5 Å². The summed E-state index contributed by atoms with van der Waals surface area (Å²) in [6.45, 7) is 8.84. The topological polar surface area (TPSA) is 33.1 Å². The Morgan fingerprint density at radius 1 is 1.56 bits per heavy atom. The zero-order chi connectivity index (χ0) is 13.1. The Morgan fingerprint density at radius 2 is 2.33 bits per heavy atom. The van der Waals surface area contributed by atoms with E-state index >= 15 is 0 Å². The number of imidazole rings is 1. The molecular formula is C13H23ClN4. The maximum Gasteiger partial charge on any atom is 0.128 e. The number of hydrogen-bond acceptors (Lipinski definition) is 3. The zero-order valence-corrected chi connectivity index (χ0v) is 12.2. The number of likely N-dealkylation sites (tertiary alicyclic amines) is 1. The summed E-state index contributed by atoms with van der Waals surface area (Å²) < 4.78 is 1.92. The zero-order valence-electron chi connectivity index (χ0n) is 11.5. The standard InChI is InChI=1S/C13H23ClN4/c1-10(2)18-5-4-11(9-18)6-15-8-13-16-7-12(14)17(13)3/h7,10-11,15H,4-6,8-9H2,1-3H3. The van der Waals surface area contributed by atoms with Crippen molar-refractivity contribution in [2.45, 2.75) is 32.9 Å². The molecule has 0 bridgehead atoms. The molecular weight excluding hydrogens is 248 g/mol. The highest BCUT2D eigenvalue weighted by Crippen LogP contribution is 2.17. The summed E-state index contributed by atoms with van der Waals surface area (Å²) >= 11 is 5.96. The fourth-order valence-electron chi connectivity index (χ4n) is 2.47. The molecule has 0 aromatic carbocycles. The Kier molecular flexibility index (Phi) is 4.65. The van der Waals surface area contributed by atoms with E-state index < -0.39 is 0 Å². The first kappa shape index (κ1) is 13.8. The minimum atomic E-state index is 0.670. The van der Waals surface area contributed by atoms with E-state index in [4.69, 9.17) is 11.6 Å². The van der Waals surface area contributed by atoms with Gasteiger partial charge in [-0.25, -0.2) is 4.98 Å². The summed E-state index contributed by atoms with van der Waals surface area (Å²) in [4.78, 5) is 6.83. The third-order valence-electron chi connectivity index (χ3n) is 3.79. The van der Waals surface area contributed by atoms with Gasteiger partial charge >= 0.3 is 0 Å². The van der Waals surface area contributed by atoms with Crippen molar-refractivity contribution in [3.05, 3.63) is 17.2 Å². The van der Waals surface area contributed by atoms with Gasteiger partial charge < -0.3 is 14.8 Å². The van der Waals surface area contributed by atoms with E-state index in [0.29, 0.717) is 11.2 Å². The highest BCUT2D eigenvalue weighted by Gasteiger charge is 2.23. The second kappa shape index (κ2) is 6.04. The van der Waals surface area contributed by atoms with Crippen LogP contribution in [0.25, 0.3) is 0 Å². The molecule has 0 amide bonds. The van der Waals surface area contributed by atoms with E-state index in [1.54, 1.807) is 6.20 Å².